The third-order valence-corrected chi connectivity index (χ3v) is 5.98. The van der Waals surface area contributed by atoms with Crippen molar-refractivity contribution in [2.24, 2.45) is 0 Å². The highest BCUT2D eigenvalue weighted by molar-refractivity contribution is 7.89. The van der Waals surface area contributed by atoms with Gasteiger partial charge in [-0.1, -0.05) is 0 Å². The van der Waals surface area contributed by atoms with E-state index in [9.17, 15) is 13.2 Å². The highest BCUT2D eigenvalue weighted by Crippen LogP contribution is 2.33. The van der Waals surface area contributed by atoms with E-state index in [1.807, 2.05) is 0 Å². The van der Waals surface area contributed by atoms with Crippen molar-refractivity contribution >= 4 is 27.5 Å². The molecule has 0 N–H and O–H groups in total. The van der Waals surface area contributed by atoms with Gasteiger partial charge < -0.3 is 14.4 Å². The number of amides is 1. The molecule has 7 nitrogen and oxygen atoms in total. The third-order valence-electron chi connectivity index (χ3n) is 3.86. The van der Waals surface area contributed by atoms with Crippen LogP contribution in [0.2, 0.25) is 0 Å². The fraction of sp³-hybridized carbons (Fsp3) is 0.500. The summed E-state index contributed by atoms with van der Waals surface area (Å²) in [5.41, 5.74) is 0. The molecule has 9 heteroatoms. The minimum atomic E-state index is -3.62. The van der Waals surface area contributed by atoms with Crippen molar-refractivity contribution in [2.75, 3.05) is 45.3 Å². The van der Waals surface area contributed by atoms with Gasteiger partial charge >= 0.3 is 0 Å². The number of benzene rings is 1. The van der Waals surface area contributed by atoms with E-state index in [-0.39, 0.29) is 29.8 Å². The average Bonchev–Trinajstić information content (AvgIpc) is 2.60. The number of piperazine rings is 1. The fourth-order valence-electron chi connectivity index (χ4n) is 2.60. The zero-order chi connectivity index (χ0) is 16.4. The predicted octanol–water partition coefficient (Wildman–Crippen LogP) is 0.529. The zero-order valence-electron chi connectivity index (χ0n) is 12.4. The molecule has 0 bridgehead atoms. The summed E-state index contributed by atoms with van der Waals surface area (Å²) in [7, 11) is -3.62. The topological polar surface area (TPSA) is 76.2 Å². The number of carbonyl (C=O) groups excluding carboxylic acids is 1. The molecule has 1 saturated heterocycles. The molecule has 0 aromatic heterocycles. The van der Waals surface area contributed by atoms with E-state index in [4.69, 9.17) is 21.1 Å². The number of rotatable bonds is 3. The number of nitrogens with zero attached hydrogens (tertiary/aromatic N) is 2. The summed E-state index contributed by atoms with van der Waals surface area (Å²) in [4.78, 5) is 13.3. The average molecular weight is 361 g/mol. The first-order chi connectivity index (χ1) is 11.0. The molecular weight excluding hydrogens is 344 g/mol. The maximum Gasteiger partial charge on any atom is 0.243 e. The van der Waals surface area contributed by atoms with Gasteiger partial charge in [0, 0.05) is 32.2 Å². The molecule has 0 radical (unpaired) electrons. The summed E-state index contributed by atoms with van der Waals surface area (Å²) < 4.78 is 37.6. The Balaban J connectivity index is 1.76. The van der Waals surface area contributed by atoms with Crippen LogP contribution < -0.4 is 9.47 Å². The first-order valence-corrected chi connectivity index (χ1v) is 9.23. The number of hydrogen-bond acceptors (Lipinski definition) is 5. The van der Waals surface area contributed by atoms with Crippen LogP contribution in [0.5, 0.6) is 11.5 Å². The van der Waals surface area contributed by atoms with Crippen LogP contribution in [0.1, 0.15) is 0 Å². The summed E-state index contributed by atoms with van der Waals surface area (Å²) >= 11 is 5.53. The molecule has 1 aromatic rings. The molecule has 3 rings (SSSR count). The molecule has 2 aliphatic rings. The monoisotopic (exact) mass is 360 g/mol. The van der Waals surface area contributed by atoms with E-state index >= 15 is 0 Å². The molecule has 1 fully saturated rings. The minimum Gasteiger partial charge on any atom is -0.486 e. The lowest BCUT2D eigenvalue weighted by atomic mass is 10.3. The molecule has 2 aliphatic heterocycles. The standard InChI is InChI=1S/C14H17ClN2O5S/c15-10-14(18)16-3-5-17(6-4-16)23(19,20)11-1-2-12-13(9-11)22-8-7-21-12/h1-2,9H,3-8,10H2. The van der Waals surface area contributed by atoms with Gasteiger partial charge in [-0.25, -0.2) is 8.42 Å². The quantitative estimate of drug-likeness (QED) is 0.735. The Bertz CT molecular complexity index is 701. The molecule has 0 unspecified atom stereocenters. The van der Waals surface area contributed by atoms with Gasteiger partial charge in [-0.2, -0.15) is 4.31 Å². The molecule has 1 amide bonds. The molecule has 0 spiro atoms. The lowest BCUT2D eigenvalue weighted by molar-refractivity contribution is -0.129. The second kappa shape index (κ2) is 6.54. The van der Waals surface area contributed by atoms with Gasteiger partial charge in [0.15, 0.2) is 11.5 Å². The number of sulfonamides is 1. The van der Waals surface area contributed by atoms with Crippen LogP contribution in [-0.4, -0.2) is 68.8 Å². The summed E-state index contributed by atoms with van der Waals surface area (Å²) in [6.45, 7) is 2.04. The summed E-state index contributed by atoms with van der Waals surface area (Å²) in [6.07, 6.45) is 0. The Morgan fingerprint density at radius 2 is 1.74 bits per heavy atom. The first kappa shape index (κ1) is 16.4. The number of hydrogen-bond donors (Lipinski definition) is 0. The molecular formula is C14H17ClN2O5S. The molecule has 23 heavy (non-hydrogen) atoms. The van der Waals surface area contributed by atoms with Gasteiger partial charge in [-0.05, 0) is 12.1 Å². The maximum absolute atomic E-state index is 12.7. The highest BCUT2D eigenvalue weighted by atomic mass is 35.5. The first-order valence-electron chi connectivity index (χ1n) is 7.26. The van der Waals surface area contributed by atoms with Gasteiger partial charge in [-0.15, -0.1) is 11.6 Å². The normalized spacial score (nSPS) is 18.7. The van der Waals surface area contributed by atoms with Crippen LogP contribution in [0.3, 0.4) is 0 Å². The van der Waals surface area contributed by atoms with E-state index in [2.05, 4.69) is 0 Å². The van der Waals surface area contributed by atoms with Crippen molar-refractivity contribution in [3.05, 3.63) is 18.2 Å². The fourth-order valence-corrected chi connectivity index (χ4v) is 4.20. The molecule has 126 valence electrons. The van der Waals surface area contributed by atoms with Crippen molar-refractivity contribution in [3.8, 4) is 11.5 Å². The Hall–Kier alpha value is -1.51. The summed E-state index contributed by atoms with van der Waals surface area (Å²) in [6, 6.07) is 4.61. The second-order valence-electron chi connectivity index (χ2n) is 5.22. The molecule has 0 aliphatic carbocycles. The van der Waals surface area contributed by atoms with Gasteiger partial charge in [0.25, 0.3) is 0 Å². The second-order valence-corrected chi connectivity index (χ2v) is 7.43. The lowest BCUT2D eigenvalue weighted by Crippen LogP contribution is -2.50. The SMILES string of the molecule is O=C(CCl)N1CCN(S(=O)(=O)c2ccc3c(c2)OCCO3)CC1. The number of carbonyl (C=O) groups is 1. The van der Waals surface area contributed by atoms with Crippen molar-refractivity contribution in [1.29, 1.82) is 0 Å². The summed E-state index contributed by atoms with van der Waals surface area (Å²) in [5.74, 6) is 0.721. The van der Waals surface area contributed by atoms with E-state index in [1.54, 1.807) is 11.0 Å². The van der Waals surface area contributed by atoms with Crippen LogP contribution in [0.15, 0.2) is 23.1 Å². The summed E-state index contributed by atoms with van der Waals surface area (Å²) in [5, 5.41) is 0. The molecule has 2 heterocycles. The van der Waals surface area contributed by atoms with Gasteiger partial charge in [-0.3, -0.25) is 4.79 Å². The van der Waals surface area contributed by atoms with E-state index in [0.717, 1.165) is 0 Å². The molecule has 1 aromatic carbocycles. The maximum atomic E-state index is 12.7. The van der Waals surface area contributed by atoms with Crippen molar-refractivity contribution < 1.29 is 22.7 Å². The van der Waals surface area contributed by atoms with Crippen LogP contribution in [0.25, 0.3) is 0 Å². The lowest BCUT2D eigenvalue weighted by Gasteiger charge is -2.33. The van der Waals surface area contributed by atoms with E-state index < -0.39 is 10.0 Å². The minimum absolute atomic E-state index is 0.0884. The Morgan fingerprint density at radius 1 is 1.09 bits per heavy atom. The zero-order valence-corrected chi connectivity index (χ0v) is 14.0. The third kappa shape index (κ3) is 3.24. The molecule has 0 saturated carbocycles. The van der Waals surface area contributed by atoms with E-state index in [0.29, 0.717) is 37.8 Å². The van der Waals surface area contributed by atoms with Crippen LogP contribution in [-0.2, 0) is 14.8 Å². The number of alkyl halides is 1. The van der Waals surface area contributed by atoms with Crippen molar-refractivity contribution in [3.63, 3.8) is 0 Å². The van der Waals surface area contributed by atoms with E-state index in [1.165, 1.54) is 16.4 Å². The van der Waals surface area contributed by atoms with Crippen LogP contribution in [0.4, 0.5) is 0 Å². The smallest absolute Gasteiger partial charge is 0.243 e. The Labute approximate surface area is 139 Å². The van der Waals surface area contributed by atoms with Gasteiger partial charge in [0.1, 0.15) is 19.1 Å². The van der Waals surface area contributed by atoms with Gasteiger partial charge in [0.2, 0.25) is 15.9 Å². The predicted molar refractivity (Wildman–Crippen MR) is 83.5 cm³/mol. The highest BCUT2D eigenvalue weighted by Gasteiger charge is 2.30. The van der Waals surface area contributed by atoms with Crippen molar-refractivity contribution in [1.82, 2.24) is 9.21 Å². The number of halogens is 1. The van der Waals surface area contributed by atoms with Gasteiger partial charge in [0.05, 0.1) is 4.90 Å². The molecule has 0 atom stereocenters. The van der Waals surface area contributed by atoms with Crippen molar-refractivity contribution in [2.45, 2.75) is 4.90 Å². The Kier molecular flexibility index (Phi) is 4.65. The van der Waals surface area contributed by atoms with Crippen LogP contribution >= 0.6 is 11.6 Å². The Morgan fingerprint density at radius 3 is 2.39 bits per heavy atom. The number of ether oxygens (including phenoxy) is 2. The largest absolute Gasteiger partial charge is 0.486 e. The number of fused-ring (bicyclic) bond motifs is 1. The van der Waals surface area contributed by atoms with Crippen LogP contribution in [0, 0.1) is 0 Å².